The first-order valence-corrected chi connectivity index (χ1v) is 4.64. The van der Waals surface area contributed by atoms with E-state index in [2.05, 4.69) is 13.8 Å². The summed E-state index contributed by atoms with van der Waals surface area (Å²) in [5, 5.41) is 0. The average molecular weight is 178 g/mol. The van der Waals surface area contributed by atoms with E-state index >= 15 is 0 Å². The SMILES string of the molecule is CC(C)CC(CN)C(C)(C)Cl. The summed E-state index contributed by atoms with van der Waals surface area (Å²) in [5.74, 6) is 1.12. The van der Waals surface area contributed by atoms with Crippen molar-refractivity contribution >= 4 is 11.6 Å². The van der Waals surface area contributed by atoms with E-state index < -0.39 is 0 Å². The molecule has 1 atom stereocenters. The van der Waals surface area contributed by atoms with Crippen LogP contribution in [0.4, 0.5) is 0 Å². The number of rotatable bonds is 4. The summed E-state index contributed by atoms with van der Waals surface area (Å²) < 4.78 is 0. The van der Waals surface area contributed by atoms with Gasteiger partial charge in [0.1, 0.15) is 0 Å². The molecule has 0 spiro atoms. The summed E-state index contributed by atoms with van der Waals surface area (Å²) in [7, 11) is 0. The summed E-state index contributed by atoms with van der Waals surface area (Å²) in [6.07, 6.45) is 1.12. The quantitative estimate of drug-likeness (QED) is 0.657. The van der Waals surface area contributed by atoms with E-state index in [-0.39, 0.29) is 4.87 Å². The Morgan fingerprint density at radius 3 is 1.91 bits per heavy atom. The van der Waals surface area contributed by atoms with Crippen LogP contribution in [0.2, 0.25) is 0 Å². The van der Waals surface area contributed by atoms with Crippen molar-refractivity contribution in [1.82, 2.24) is 0 Å². The lowest BCUT2D eigenvalue weighted by molar-refractivity contribution is 0.347. The van der Waals surface area contributed by atoms with Crippen molar-refractivity contribution in [3.63, 3.8) is 0 Å². The Hall–Kier alpha value is 0.250. The van der Waals surface area contributed by atoms with Crippen LogP contribution in [0.15, 0.2) is 0 Å². The Bertz CT molecular complexity index is 105. The second-order valence-electron chi connectivity index (χ2n) is 4.13. The number of hydrogen-bond donors (Lipinski definition) is 1. The molecule has 0 heterocycles. The number of alkyl halides is 1. The monoisotopic (exact) mass is 177 g/mol. The van der Waals surface area contributed by atoms with Gasteiger partial charge in [-0.25, -0.2) is 0 Å². The first-order chi connectivity index (χ1) is 4.88. The van der Waals surface area contributed by atoms with Gasteiger partial charge in [-0.2, -0.15) is 0 Å². The molecule has 0 amide bonds. The number of nitrogens with two attached hydrogens (primary N) is 1. The molecule has 0 fully saturated rings. The van der Waals surface area contributed by atoms with E-state index in [4.69, 9.17) is 17.3 Å². The molecule has 0 bridgehead atoms. The Morgan fingerprint density at radius 1 is 1.36 bits per heavy atom. The van der Waals surface area contributed by atoms with E-state index in [1.54, 1.807) is 0 Å². The van der Waals surface area contributed by atoms with Crippen molar-refractivity contribution in [2.45, 2.75) is 39.0 Å². The van der Waals surface area contributed by atoms with Gasteiger partial charge < -0.3 is 5.73 Å². The maximum atomic E-state index is 6.16. The third kappa shape index (κ3) is 4.65. The van der Waals surface area contributed by atoms with Crippen molar-refractivity contribution in [2.24, 2.45) is 17.6 Å². The van der Waals surface area contributed by atoms with Crippen LogP contribution < -0.4 is 5.73 Å². The molecule has 0 aromatic rings. The molecule has 0 aromatic carbocycles. The Balaban J connectivity index is 3.96. The van der Waals surface area contributed by atoms with Gasteiger partial charge in [0, 0.05) is 4.87 Å². The molecule has 2 heteroatoms. The van der Waals surface area contributed by atoms with Gasteiger partial charge in [0.2, 0.25) is 0 Å². The van der Waals surface area contributed by atoms with Gasteiger partial charge >= 0.3 is 0 Å². The van der Waals surface area contributed by atoms with E-state index in [9.17, 15) is 0 Å². The maximum Gasteiger partial charge on any atom is 0.0430 e. The molecule has 0 aromatic heterocycles. The molecule has 0 aliphatic heterocycles. The van der Waals surface area contributed by atoms with Crippen molar-refractivity contribution < 1.29 is 0 Å². The summed E-state index contributed by atoms with van der Waals surface area (Å²) in [5.41, 5.74) is 5.62. The van der Waals surface area contributed by atoms with Gasteiger partial charge in [0.25, 0.3) is 0 Å². The third-order valence-electron chi connectivity index (χ3n) is 2.01. The predicted molar refractivity (Wildman–Crippen MR) is 51.9 cm³/mol. The predicted octanol–water partition coefficient (Wildman–Crippen LogP) is 2.62. The second-order valence-corrected chi connectivity index (χ2v) is 5.10. The minimum atomic E-state index is -0.154. The highest BCUT2D eigenvalue weighted by atomic mass is 35.5. The van der Waals surface area contributed by atoms with Crippen LogP contribution in [0.1, 0.15) is 34.1 Å². The van der Waals surface area contributed by atoms with Crippen molar-refractivity contribution in [3.8, 4) is 0 Å². The zero-order valence-electron chi connectivity index (χ0n) is 8.02. The van der Waals surface area contributed by atoms with Crippen LogP contribution in [0.3, 0.4) is 0 Å². The Labute approximate surface area is 75.3 Å². The molecule has 0 aliphatic carbocycles. The van der Waals surface area contributed by atoms with Crippen LogP contribution in [-0.2, 0) is 0 Å². The van der Waals surface area contributed by atoms with Gasteiger partial charge in [-0.1, -0.05) is 13.8 Å². The van der Waals surface area contributed by atoms with Gasteiger partial charge in [0.15, 0.2) is 0 Å². The summed E-state index contributed by atoms with van der Waals surface area (Å²) >= 11 is 6.16. The highest BCUT2D eigenvalue weighted by Crippen LogP contribution is 2.28. The summed E-state index contributed by atoms with van der Waals surface area (Å²) in [6.45, 7) is 9.16. The normalized spacial score (nSPS) is 15.5. The minimum Gasteiger partial charge on any atom is -0.330 e. The van der Waals surface area contributed by atoms with Crippen LogP contribution in [0.25, 0.3) is 0 Å². The van der Waals surface area contributed by atoms with Gasteiger partial charge in [0.05, 0.1) is 0 Å². The maximum absolute atomic E-state index is 6.16. The van der Waals surface area contributed by atoms with Crippen LogP contribution in [0, 0.1) is 11.8 Å². The van der Waals surface area contributed by atoms with Crippen molar-refractivity contribution in [1.29, 1.82) is 0 Å². The van der Waals surface area contributed by atoms with Gasteiger partial charge in [-0.15, -0.1) is 11.6 Å². The van der Waals surface area contributed by atoms with Crippen LogP contribution >= 0.6 is 11.6 Å². The third-order valence-corrected chi connectivity index (χ3v) is 2.32. The van der Waals surface area contributed by atoms with Crippen LogP contribution in [-0.4, -0.2) is 11.4 Å². The molecule has 1 nitrogen and oxygen atoms in total. The largest absolute Gasteiger partial charge is 0.330 e. The lowest BCUT2D eigenvalue weighted by Gasteiger charge is -2.28. The van der Waals surface area contributed by atoms with Gasteiger partial charge in [-0.3, -0.25) is 0 Å². The minimum absolute atomic E-state index is 0.154. The van der Waals surface area contributed by atoms with Crippen molar-refractivity contribution in [2.75, 3.05) is 6.54 Å². The molecular formula is C9H20ClN. The lowest BCUT2D eigenvalue weighted by atomic mass is 9.87. The van der Waals surface area contributed by atoms with Crippen molar-refractivity contribution in [3.05, 3.63) is 0 Å². The molecular weight excluding hydrogens is 158 g/mol. The molecule has 0 saturated heterocycles. The van der Waals surface area contributed by atoms with E-state index in [0.29, 0.717) is 18.4 Å². The fourth-order valence-corrected chi connectivity index (χ4v) is 1.40. The standard InChI is InChI=1S/C9H20ClN/c1-7(2)5-8(6-11)9(3,4)10/h7-8H,5-6,11H2,1-4H3. The average Bonchev–Trinajstić information content (AvgIpc) is 1.79. The topological polar surface area (TPSA) is 26.0 Å². The molecule has 0 saturated carbocycles. The zero-order valence-corrected chi connectivity index (χ0v) is 8.78. The molecule has 11 heavy (non-hydrogen) atoms. The molecule has 0 rings (SSSR count). The second kappa shape index (κ2) is 4.32. The molecule has 0 aliphatic rings. The first kappa shape index (κ1) is 11.2. The fraction of sp³-hybridized carbons (Fsp3) is 1.00. The Kier molecular flexibility index (Phi) is 4.42. The Morgan fingerprint density at radius 2 is 1.82 bits per heavy atom. The first-order valence-electron chi connectivity index (χ1n) is 4.27. The van der Waals surface area contributed by atoms with Gasteiger partial charge in [-0.05, 0) is 38.6 Å². The van der Waals surface area contributed by atoms with E-state index in [0.717, 1.165) is 6.42 Å². The number of halogens is 1. The zero-order chi connectivity index (χ0) is 9.07. The highest BCUT2D eigenvalue weighted by Gasteiger charge is 2.25. The summed E-state index contributed by atoms with van der Waals surface area (Å²) in [6, 6.07) is 0. The smallest absolute Gasteiger partial charge is 0.0430 e. The molecule has 68 valence electrons. The molecule has 1 unspecified atom stereocenters. The van der Waals surface area contributed by atoms with E-state index in [1.807, 2.05) is 13.8 Å². The lowest BCUT2D eigenvalue weighted by Crippen LogP contribution is -2.32. The fourth-order valence-electron chi connectivity index (χ4n) is 1.23. The highest BCUT2D eigenvalue weighted by molar-refractivity contribution is 6.23. The number of hydrogen-bond acceptors (Lipinski definition) is 1. The summed E-state index contributed by atoms with van der Waals surface area (Å²) in [4.78, 5) is -0.154. The van der Waals surface area contributed by atoms with E-state index in [1.165, 1.54) is 0 Å². The van der Waals surface area contributed by atoms with Crippen LogP contribution in [0.5, 0.6) is 0 Å². The molecule has 0 radical (unpaired) electrons. The molecule has 2 N–H and O–H groups in total.